The van der Waals surface area contributed by atoms with E-state index in [1.807, 2.05) is 19.1 Å². The normalized spacial score (nSPS) is 10.1. The van der Waals surface area contributed by atoms with Gasteiger partial charge in [0.1, 0.15) is 5.75 Å². The predicted octanol–water partition coefficient (Wildman–Crippen LogP) is 3.11. The molecule has 92 valence electrons. The van der Waals surface area contributed by atoms with Gasteiger partial charge >= 0.3 is 0 Å². The summed E-state index contributed by atoms with van der Waals surface area (Å²) in [6, 6.07) is 7.07. The van der Waals surface area contributed by atoms with Gasteiger partial charge in [0.05, 0.1) is 17.4 Å². The van der Waals surface area contributed by atoms with Crippen molar-refractivity contribution in [2.24, 2.45) is 0 Å². The lowest BCUT2D eigenvalue weighted by atomic mass is 10.2. The number of halogens is 1. The second-order valence-electron chi connectivity index (χ2n) is 3.83. The van der Waals surface area contributed by atoms with Crippen molar-refractivity contribution in [2.45, 2.75) is 6.92 Å². The Bertz CT molecular complexity index is 599. The Morgan fingerprint density at radius 1 is 1.39 bits per heavy atom. The maximum absolute atomic E-state index is 12.0. The molecule has 0 saturated heterocycles. The van der Waals surface area contributed by atoms with Gasteiger partial charge in [-0.3, -0.25) is 9.78 Å². The van der Waals surface area contributed by atoms with Crippen LogP contribution in [0.4, 0.5) is 5.69 Å². The van der Waals surface area contributed by atoms with Gasteiger partial charge in [0.2, 0.25) is 0 Å². The summed E-state index contributed by atoms with van der Waals surface area (Å²) in [6.45, 7) is 1.96. The molecule has 0 aliphatic rings. The zero-order valence-electron chi connectivity index (χ0n) is 9.64. The van der Waals surface area contributed by atoms with Gasteiger partial charge in [0, 0.05) is 10.7 Å². The first-order valence-electron chi connectivity index (χ1n) is 5.28. The molecule has 1 heterocycles. The van der Waals surface area contributed by atoms with E-state index in [0.29, 0.717) is 5.69 Å². The molecule has 0 unspecified atom stereocenters. The maximum atomic E-state index is 12.0. The van der Waals surface area contributed by atoms with Gasteiger partial charge < -0.3 is 10.4 Å². The van der Waals surface area contributed by atoms with Crippen molar-refractivity contribution in [1.29, 1.82) is 0 Å². The van der Waals surface area contributed by atoms with Gasteiger partial charge in [-0.1, -0.05) is 6.07 Å². The van der Waals surface area contributed by atoms with Gasteiger partial charge in [-0.05, 0) is 46.6 Å². The molecule has 0 fully saturated rings. The molecule has 2 aromatic rings. The number of nitrogens with one attached hydrogen (secondary N) is 1. The number of amides is 1. The molecule has 0 aliphatic heterocycles. The van der Waals surface area contributed by atoms with Crippen molar-refractivity contribution >= 4 is 27.5 Å². The fourth-order valence-corrected chi connectivity index (χ4v) is 2.08. The van der Waals surface area contributed by atoms with Crippen molar-refractivity contribution in [2.75, 3.05) is 5.32 Å². The van der Waals surface area contributed by atoms with Gasteiger partial charge in [-0.25, -0.2) is 0 Å². The molecule has 0 spiro atoms. The van der Waals surface area contributed by atoms with Crippen molar-refractivity contribution in [3.63, 3.8) is 0 Å². The lowest BCUT2D eigenvalue weighted by Crippen LogP contribution is -2.12. The van der Waals surface area contributed by atoms with Gasteiger partial charge in [0.15, 0.2) is 0 Å². The Morgan fingerprint density at radius 3 is 2.83 bits per heavy atom. The monoisotopic (exact) mass is 306 g/mol. The molecule has 0 radical (unpaired) electrons. The largest absolute Gasteiger partial charge is 0.505 e. The first-order chi connectivity index (χ1) is 8.58. The summed E-state index contributed by atoms with van der Waals surface area (Å²) in [5.74, 6) is -0.516. The Morgan fingerprint density at radius 2 is 2.17 bits per heavy atom. The molecule has 5 heteroatoms. The maximum Gasteiger partial charge on any atom is 0.259 e. The summed E-state index contributed by atoms with van der Waals surface area (Å²) < 4.78 is 0.796. The highest BCUT2D eigenvalue weighted by Gasteiger charge is 2.12. The highest BCUT2D eigenvalue weighted by molar-refractivity contribution is 9.10. The van der Waals surface area contributed by atoms with Crippen molar-refractivity contribution in [3.8, 4) is 5.75 Å². The summed E-state index contributed by atoms with van der Waals surface area (Å²) in [6.07, 6.45) is 2.69. The second-order valence-corrected chi connectivity index (χ2v) is 4.68. The standard InChI is InChI=1S/C13H11BrN2O2/c1-8-2-3-11(10(14)6-8)16-13(18)9-4-5-15-7-12(9)17/h2-7,17H,1H3,(H,16,18). The smallest absolute Gasteiger partial charge is 0.259 e. The molecule has 4 nitrogen and oxygen atoms in total. The van der Waals surface area contributed by atoms with Crippen LogP contribution >= 0.6 is 15.9 Å². The van der Waals surface area contributed by atoms with Crippen LogP contribution in [0.2, 0.25) is 0 Å². The van der Waals surface area contributed by atoms with Crippen LogP contribution in [0.3, 0.4) is 0 Å². The molecule has 1 aromatic carbocycles. The third-order valence-corrected chi connectivity index (χ3v) is 3.07. The summed E-state index contributed by atoms with van der Waals surface area (Å²) in [7, 11) is 0. The van der Waals surface area contributed by atoms with E-state index in [2.05, 4.69) is 26.2 Å². The average Bonchev–Trinajstić information content (AvgIpc) is 2.33. The number of pyridine rings is 1. The van der Waals surface area contributed by atoms with E-state index in [4.69, 9.17) is 0 Å². The van der Waals surface area contributed by atoms with E-state index in [1.165, 1.54) is 18.5 Å². The van der Waals surface area contributed by atoms with Crippen LogP contribution in [0.1, 0.15) is 15.9 Å². The van der Waals surface area contributed by atoms with Crippen LogP contribution in [0, 0.1) is 6.92 Å². The fourth-order valence-electron chi connectivity index (χ4n) is 1.49. The summed E-state index contributed by atoms with van der Waals surface area (Å²) in [4.78, 5) is 15.7. The molecular weight excluding hydrogens is 296 g/mol. The van der Waals surface area contributed by atoms with Crippen LogP contribution in [0.5, 0.6) is 5.75 Å². The van der Waals surface area contributed by atoms with Crippen LogP contribution in [-0.2, 0) is 0 Å². The average molecular weight is 307 g/mol. The molecule has 0 aliphatic carbocycles. The quantitative estimate of drug-likeness (QED) is 0.896. The first kappa shape index (κ1) is 12.6. The van der Waals surface area contributed by atoms with Gasteiger partial charge in [-0.15, -0.1) is 0 Å². The number of benzene rings is 1. The zero-order chi connectivity index (χ0) is 13.1. The van der Waals surface area contributed by atoms with Gasteiger partial charge in [0.25, 0.3) is 5.91 Å². The minimum absolute atomic E-state index is 0.141. The topological polar surface area (TPSA) is 62.2 Å². The first-order valence-corrected chi connectivity index (χ1v) is 6.07. The lowest BCUT2D eigenvalue weighted by Gasteiger charge is -2.08. The molecule has 2 N–H and O–H groups in total. The number of aromatic nitrogens is 1. The molecule has 0 bridgehead atoms. The third kappa shape index (κ3) is 2.68. The van der Waals surface area contributed by atoms with Crippen molar-refractivity contribution in [1.82, 2.24) is 4.98 Å². The van der Waals surface area contributed by atoms with E-state index in [1.54, 1.807) is 6.07 Å². The van der Waals surface area contributed by atoms with Crippen molar-refractivity contribution in [3.05, 3.63) is 52.3 Å². The number of hydrogen-bond donors (Lipinski definition) is 2. The van der Waals surface area contributed by atoms with Crippen LogP contribution in [-0.4, -0.2) is 16.0 Å². The molecular formula is C13H11BrN2O2. The predicted molar refractivity (Wildman–Crippen MR) is 72.7 cm³/mol. The van der Waals surface area contributed by atoms with E-state index >= 15 is 0 Å². The molecule has 1 aromatic heterocycles. The number of nitrogens with zero attached hydrogens (tertiary/aromatic N) is 1. The zero-order valence-corrected chi connectivity index (χ0v) is 11.2. The third-order valence-electron chi connectivity index (χ3n) is 2.42. The fraction of sp³-hybridized carbons (Fsp3) is 0.0769. The number of rotatable bonds is 2. The van der Waals surface area contributed by atoms with Gasteiger partial charge in [-0.2, -0.15) is 0 Å². The lowest BCUT2D eigenvalue weighted by molar-refractivity contribution is 0.102. The molecule has 1 amide bonds. The van der Waals surface area contributed by atoms with Crippen molar-refractivity contribution < 1.29 is 9.90 Å². The number of hydrogen-bond acceptors (Lipinski definition) is 3. The Kier molecular flexibility index (Phi) is 3.62. The Hall–Kier alpha value is -1.88. The second kappa shape index (κ2) is 5.18. The van der Waals surface area contributed by atoms with E-state index in [0.717, 1.165) is 10.0 Å². The van der Waals surface area contributed by atoms with Crippen LogP contribution in [0.15, 0.2) is 41.1 Å². The number of carbonyl (C=O) groups excluding carboxylic acids is 1. The molecule has 2 rings (SSSR count). The summed E-state index contributed by atoms with van der Waals surface area (Å²) in [5, 5.41) is 12.3. The van der Waals surface area contributed by atoms with Crippen LogP contribution in [0.25, 0.3) is 0 Å². The van der Waals surface area contributed by atoms with Crippen LogP contribution < -0.4 is 5.32 Å². The number of anilines is 1. The molecule has 18 heavy (non-hydrogen) atoms. The highest BCUT2D eigenvalue weighted by Crippen LogP contribution is 2.25. The summed E-state index contributed by atoms with van der Waals surface area (Å²) in [5.41, 5.74) is 1.94. The summed E-state index contributed by atoms with van der Waals surface area (Å²) >= 11 is 3.38. The Balaban J connectivity index is 2.24. The minimum Gasteiger partial charge on any atom is -0.505 e. The molecule has 0 saturated carbocycles. The number of aromatic hydroxyl groups is 1. The molecule has 0 atom stereocenters. The minimum atomic E-state index is -0.376. The highest BCUT2D eigenvalue weighted by atomic mass is 79.9. The van der Waals surface area contributed by atoms with E-state index in [-0.39, 0.29) is 17.2 Å². The Labute approximate surface area is 113 Å². The number of carbonyl (C=O) groups is 1. The van der Waals surface area contributed by atoms with E-state index < -0.39 is 0 Å². The number of aryl methyl sites for hydroxylation is 1. The van der Waals surface area contributed by atoms with E-state index in [9.17, 15) is 9.90 Å². The SMILES string of the molecule is Cc1ccc(NC(=O)c2ccncc2O)c(Br)c1.